The summed E-state index contributed by atoms with van der Waals surface area (Å²) in [6.07, 6.45) is 1.45. The van der Waals surface area contributed by atoms with Crippen LogP contribution in [0.1, 0.15) is 36.4 Å². The van der Waals surface area contributed by atoms with Gasteiger partial charge in [0.05, 0.1) is 11.4 Å². The summed E-state index contributed by atoms with van der Waals surface area (Å²) in [6.45, 7) is 0. The second-order valence-corrected chi connectivity index (χ2v) is 4.58. The van der Waals surface area contributed by atoms with Crippen LogP contribution in [0.25, 0.3) is 5.69 Å². The number of anilines is 1. The lowest BCUT2D eigenvalue weighted by atomic mass is 10.1. The molecule has 18 heavy (non-hydrogen) atoms. The minimum atomic E-state index is -2.56. The van der Waals surface area contributed by atoms with Gasteiger partial charge < -0.3 is 5.73 Å². The number of rotatable bonds is 3. The van der Waals surface area contributed by atoms with E-state index < -0.39 is 6.43 Å². The van der Waals surface area contributed by atoms with Gasteiger partial charge in [-0.2, -0.15) is 5.10 Å². The van der Waals surface area contributed by atoms with Gasteiger partial charge in [0.15, 0.2) is 0 Å². The molecule has 1 fully saturated rings. The van der Waals surface area contributed by atoms with Crippen molar-refractivity contribution in [3.63, 3.8) is 0 Å². The summed E-state index contributed by atoms with van der Waals surface area (Å²) < 4.78 is 27.5. The number of benzene rings is 1. The van der Waals surface area contributed by atoms with Crippen LogP contribution in [0, 0.1) is 0 Å². The number of alkyl halides is 2. The molecule has 0 aliphatic heterocycles. The van der Waals surface area contributed by atoms with E-state index in [-0.39, 0.29) is 5.56 Å². The fraction of sp³-hybridized carbons (Fsp3) is 0.308. The fourth-order valence-corrected chi connectivity index (χ4v) is 2.03. The molecule has 2 aromatic rings. The normalized spacial score (nSPS) is 15.3. The van der Waals surface area contributed by atoms with Gasteiger partial charge in [-0.1, -0.05) is 0 Å². The summed E-state index contributed by atoms with van der Waals surface area (Å²) in [5.74, 6) is 0.509. The predicted octanol–water partition coefficient (Wildman–Crippen LogP) is 3.27. The maximum Gasteiger partial charge on any atom is 0.266 e. The van der Waals surface area contributed by atoms with Crippen LogP contribution in [-0.4, -0.2) is 9.78 Å². The van der Waals surface area contributed by atoms with E-state index in [0.717, 1.165) is 18.5 Å². The Morgan fingerprint density at radius 3 is 2.72 bits per heavy atom. The molecule has 1 heterocycles. The quantitative estimate of drug-likeness (QED) is 0.848. The van der Waals surface area contributed by atoms with Crippen LogP contribution in [-0.2, 0) is 0 Å². The number of aromatic nitrogens is 2. The third-order valence-corrected chi connectivity index (χ3v) is 3.14. The minimum Gasteiger partial charge on any atom is -0.399 e. The zero-order chi connectivity index (χ0) is 12.7. The van der Waals surface area contributed by atoms with Gasteiger partial charge in [-0.3, -0.25) is 0 Å². The van der Waals surface area contributed by atoms with Crippen molar-refractivity contribution < 1.29 is 8.78 Å². The van der Waals surface area contributed by atoms with E-state index in [2.05, 4.69) is 5.10 Å². The molecule has 0 spiro atoms. The molecule has 0 bridgehead atoms. The Hall–Kier alpha value is -1.91. The number of hydrogen-bond donors (Lipinski definition) is 1. The molecule has 0 radical (unpaired) electrons. The molecule has 94 valence electrons. The molecule has 0 saturated heterocycles. The maximum atomic E-state index is 13.0. The smallest absolute Gasteiger partial charge is 0.266 e. The molecule has 3 nitrogen and oxygen atoms in total. The Morgan fingerprint density at radius 2 is 2.06 bits per heavy atom. The number of nitrogen functional groups attached to an aromatic ring is 1. The van der Waals surface area contributed by atoms with Crippen molar-refractivity contribution >= 4 is 5.69 Å². The van der Waals surface area contributed by atoms with Crippen molar-refractivity contribution in [3.05, 3.63) is 41.7 Å². The summed E-state index contributed by atoms with van der Waals surface area (Å²) >= 11 is 0. The SMILES string of the molecule is Nc1ccc(-n2ccc(C3CC3)n2)c(C(F)F)c1. The summed E-state index contributed by atoms with van der Waals surface area (Å²) in [5, 5.41) is 4.36. The monoisotopic (exact) mass is 249 g/mol. The van der Waals surface area contributed by atoms with E-state index in [1.165, 1.54) is 10.7 Å². The number of nitrogens with zero attached hydrogens (tertiary/aromatic N) is 2. The van der Waals surface area contributed by atoms with Crippen LogP contribution >= 0.6 is 0 Å². The fourth-order valence-electron chi connectivity index (χ4n) is 2.03. The van der Waals surface area contributed by atoms with E-state index in [4.69, 9.17) is 5.73 Å². The topological polar surface area (TPSA) is 43.8 Å². The highest BCUT2D eigenvalue weighted by Gasteiger charge is 2.26. The predicted molar refractivity (Wildman–Crippen MR) is 64.9 cm³/mol. The van der Waals surface area contributed by atoms with Crippen molar-refractivity contribution in [1.29, 1.82) is 0 Å². The molecular weight excluding hydrogens is 236 g/mol. The lowest BCUT2D eigenvalue weighted by molar-refractivity contribution is 0.151. The Balaban J connectivity index is 2.03. The van der Waals surface area contributed by atoms with Crippen LogP contribution in [0.3, 0.4) is 0 Å². The summed E-state index contributed by atoms with van der Waals surface area (Å²) in [6, 6.07) is 6.39. The second-order valence-electron chi connectivity index (χ2n) is 4.58. The maximum absolute atomic E-state index is 13.0. The van der Waals surface area contributed by atoms with Gasteiger partial charge in [0, 0.05) is 23.4 Å². The van der Waals surface area contributed by atoms with Crippen molar-refractivity contribution in [1.82, 2.24) is 9.78 Å². The Morgan fingerprint density at radius 1 is 1.28 bits per heavy atom. The zero-order valence-corrected chi connectivity index (χ0v) is 9.68. The van der Waals surface area contributed by atoms with Gasteiger partial charge in [-0.05, 0) is 37.1 Å². The highest BCUT2D eigenvalue weighted by atomic mass is 19.3. The van der Waals surface area contributed by atoms with Crippen molar-refractivity contribution in [2.24, 2.45) is 0 Å². The molecule has 1 saturated carbocycles. The highest BCUT2D eigenvalue weighted by Crippen LogP contribution is 2.39. The molecule has 0 amide bonds. The summed E-state index contributed by atoms with van der Waals surface area (Å²) in [5.41, 5.74) is 7.17. The van der Waals surface area contributed by atoms with Crippen LogP contribution < -0.4 is 5.73 Å². The van der Waals surface area contributed by atoms with Crippen molar-refractivity contribution in [2.45, 2.75) is 25.2 Å². The van der Waals surface area contributed by atoms with Gasteiger partial charge in [0.2, 0.25) is 0 Å². The molecule has 5 heteroatoms. The van der Waals surface area contributed by atoms with Crippen LogP contribution in [0.5, 0.6) is 0 Å². The first-order chi connectivity index (χ1) is 8.65. The Labute approximate surface area is 103 Å². The first-order valence-electron chi connectivity index (χ1n) is 5.88. The number of halogens is 2. The van der Waals surface area contributed by atoms with E-state index >= 15 is 0 Å². The second kappa shape index (κ2) is 4.08. The third-order valence-electron chi connectivity index (χ3n) is 3.14. The summed E-state index contributed by atoms with van der Waals surface area (Å²) in [4.78, 5) is 0. The molecule has 0 unspecified atom stereocenters. The molecule has 1 aliphatic carbocycles. The lowest BCUT2D eigenvalue weighted by Gasteiger charge is -2.09. The van der Waals surface area contributed by atoms with Gasteiger partial charge in [-0.15, -0.1) is 0 Å². The molecule has 1 aromatic carbocycles. The summed E-state index contributed by atoms with van der Waals surface area (Å²) in [7, 11) is 0. The molecule has 2 N–H and O–H groups in total. The highest BCUT2D eigenvalue weighted by molar-refractivity contribution is 5.51. The lowest BCUT2D eigenvalue weighted by Crippen LogP contribution is -2.02. The van der Waals surface area contributed by atoms with Crippen molar-refractivity contribution in [2.75, 3.05) is 5.73 Å². The van der Waals surface area contributed by atoms with Crippen molar-refractivity contribution in [3.8, 4) is 5.69 Å². The Bertz CT molecular complexity index is 573. The minimum absolute atomic E-state index is 0.0829. The molecule has 1 aromatic heterocycles. The van der Waals surface area contributed by atoms with Gasteiger partial charge in [0.1, 0.15) is 0 Å². The first kappa shape index (κ1) is 11.2. The third kappa shape index (κ3) is 1.96. The standard InChI is InChI=1S/C13H13F2N3/c14-13(15)10-7-9(16)3-4-12(10)18-6-5-11(17-18)8-1-2-8/h3-8,13H,1-2,16H2. The zero-order valence-electron chi connectivity index (χ0n) is 9.68. The molecule has 3 rings (SSSR count). The molecule has 1 aliphatic rings. The average molecular weight is 249 g/mol. The van der Waals surface area contributed by atoms with Crippen LogP contribution in [0.15, 0.2) is 30.5 Å². The van der Waals surface area contributed by atoms with Gasteiger partial charge in [0.25, 0.3) is 6.43 Å². The Kier molecular flexibility index (Phi) is 2.54. The molecular formula is C13H13F2N3. The first-order valence-corrected chi connectivity index (χ1v) is 5.88. The van der Waals surface area contributed by atoms with Crippen LogP contribution in [0.4, 0.5) is 14.5 Å². The molecule has 0 atom stereocenters. The van der Waals surface area contributed by atoms with Gasteiger partial charge in [-0.25, -0.2) is 13.5 Å². The van der Waals surface area contributed by atoms with Gasteiger partial charge >= 0.3 is 0 Å². The van der Waals surface area contributed by atoms with E-state index in [9.17, 15) is 8.78 Å². The van der Waals surface area contributed by atoms with E-state index in [1.807, 2.05) is 6.07 Å². The van der Waals surface area contributed by atoms with Crippen LogP contribution in [0.2, 0.25) is 0 Å². The number of hydrogen-bond acceptors (Lipinski definition) is 2. The van der Waals surface area contributed by atoms with E-state index in [1.54, 1.807) is 18.3 Å². The van der Waals surface area contributed by atoms with E-state index in [0.29, 0.717) is 17.3 Å². The average Bonchev–Trinajstić information content (AvgIpc) is 3.08. The largest absolute Gasteiger partial charge is 0.399 e. The number of nitrogens with two attached hydrogens (primary N) is 1.